The summed E-state index contributed by atoms with van der Waals surface area (Å²) in [6.45, 7) is 4.69. The number of anilines is 1. The molecule has 0 aliphatic heterocycles. The van der Waals surface area contributed by atoms with Gasteiger partial charge in [-0.2, -0.15) is 0 Å². The van der Waals surface area contributed by atoms with E-state index >= 15 is 0 Å². The van der Waals surface area contributed by atoms with Gasteiger partial charge in [-0.15, -0.1) is 35.3 Å². The molecule has 0 atom stereocenters. The summed E-state index contributed by atoms with van der Waals surface area (Å²) in [5, 5.41) is 5.10. The van der Waals surface area contributed by atoms with Crippen LogP contribution in [-0.4, -0.2) is 10.9 Å². The monoisotopic (exact) mass is 468 g/mol. The van der Waals surface area contributed by atoms with E-state index in [0.29, 0.717) is 24.3 Å². The van der Waals surface area contributed by atoms with E-state index in [4.69, 9.17) is 10.2 Å². The number of oxazole rings is 1. The quantitative estimate of drug-likeness (QED) is 0.312. The predicted octanol–water partition coefficient (Wildman–Crippen LogP) is 5.07. The maximum Gasteiger partial charge on any atom is 0.236 e. The number of aromatic nitrogens is 1. The van der Waals surface area contributed by atoms with Crippen molar-refractivity contribution < 1.29 is 4.42 Å². The van der Waals surface area contributed by atoms with Crippen LogP contribution < -0.4 is 11.1 Å². The Kier molecular flexibility index (Phi) is 7.01. The highest BCUT2D eigenvalue weighted by Crippen LogP contribution is 2.23. The van der Waals surface area contributed by atoms with Crippen molar-refractivity contribution in [3.05, 3.63) is 59.3 Å². The molecule has 132 valence electrons. The van der Waals surface area contributed by atoms with Gasteiger partial charge < -0.3 is 15.5 Å². The van der Waals surface area contributed by atoms with Gasteiger partial charge >= 0.3 is 0 Å². The van der Waals surface area contributed by atoms with E-state index in [0.717, 1.165) is 16.3 Å². The Morgan fingerprint density at radius 3 is 2.88 bits per heavy atom. The minimum atomic E-state index is 0. The molecule has 7 heteroatoms. The molecular weight excluding hydrogens is 447 g/mol. The SMILES string of the molecule is CC(C)c1cccc(NC(N)=NCc2coc(-c3cccs3)n2)c1.I. The summed E-state index contributed by atoms with van der Waals surface area (Å²) in [7, 11) is 0. The molecule has 0 spiro atoms. The molecule has 0 saturated carbocycles. The van der Waals surface area contributed by atoms with Crippen molar-refractivity contribution in [1.82, 2.24) is 4.98 Å². The van der Waals surface area contributed by atoms with Crippen molar-refractivity contribution in [3.63, 3.8) is 0 Å². The number of thiophene rings is 1. The number of nitrogens with zero attached hydrogens (tertiary/aromatic N) is 2. The van der Waals surface area contributed by atoms with Crippen LogP contribution >= 0.6 is 35.3 Å². The number of nitrogens with one attached hydrogen (secondary N) is 1. The highest BCUT2D eigenvalue weighted by molar-refractivity contribution is 14.0. The van der Waals surface area contributed by atoms with Gasteiger partial charge in [0.2, 0.25) is 5.89 Å². The molecule has 0 unspecified atom stereocenters. The summed E-state index contributed by atoms with van der Waals surface area (Å²) in [5.41, 5.74) is 8.90. The summed E-state index contributed by atoms with van der Waals surface area (Å²) < 4.78 is 5.47. The van der Waals surface area contributed by atoms with E-state index < -0.39 is 0 Å². The van der Waals surface area contributed by atoms with E-state index in [9.17, 15) is 0 Å². The highest BCUT2D eigenvalue weighted by Gasteiger charge is 2.07. The molecule has 1 aromatic carbocycles. The first-order chi connectivity index (χ1) is 11.6. The number of aliphatic imine (C=N–C) groups is 1. The molecule has 0 bridgehead atoms. The fraction of sp³-hybridized carbons (Fsp3) is 0.222. The van der Waals surface area contributed by atoms with Crippen LogP contribution in [0.4, 0.5) is 5.69 Å². The number of guanidine groups is 1. The van der Waals surface area contributed by atoms with Crippen molar-refractivity contribution in [1.29, 1.82) is 0 Å². The zero-order valence-electron chi connectivity index (χ0n) is 14.1. The minimum Gasteiger partial charge on any atom is -0.443 e. The first-order valence-electron chi connectivity index (χ1n) is 7.77. The Hall–Kier alpha value is -1.87. The van der Waals surface area contributed by atoms with Crippen molar-refractivity contribution in [2.75, 3.05) is 5.32 Å². The molecule has 3 aromatic rings. The van der Waals surface area contributed by atoms with Gasteiger partial charge in [0.05, 0.1) is 11.4 Å². The van der Waals surface area contributed by atoms with Crippen LogP contribution in [0.3, 0.4) is 0 Å². The number of halogens is 1. The van der Waals surface area contributed by atoms with Crippen LogP contribution in [0.25, 0.3) is 10.8 Å². The lowest BCUT2D eigenvalue weighted by molar-refractivity contribution is 0.574. The second kappa shape index (κ2) is 9.00. The third-order valence-electron chi connectivity index (χ3n) is 3.52. The lowest BCUT2D eigenvalue weighted by Crippen LogP contribution is -2.22. The van der Waals surface area contributed by atoms with Gasteiger partial charge in [0.25, 0.3) is 0 Å². The zero-order chi connectivity index (χ0) is 16.9. The molecule has 0 fully saturated rings. The van der Waals surface area contributed by atoms with E-state index in [1.54, 1.807) is 17.6 Å². The van der Waals surface area contributed by atoms with Crippen molar-refractivity contribution in [2.45, 2.75) is 26.3 Å². The Labute approximate surface area is 168 Å². The Morgan fingerprint density at radius 2 is 2.16 bits per heavy atom. The maximum absolute atomic E-state index is 5.96. The summed E-state index contributed by atoms with van der Waals surface area (Å²) in [4.78, 5) is 9.75. The predicted molar refractivity (Wildman–Crippen MR) is 115 cm³/mol. The lowest BCUT2D eigenvalue weighted by Gasteiger charge is -2.09. The molecule has 0 amide bonds. The maximum atomic E-state index is 5.96. The molecule has 5 nitrogen and oxygen atoms in total. The number of hydrogen-bond donors (Lipinski definition) is 2. The van der Waals surface area contributed by atoms with E-state index in [-0.39, 0.29) is 24.0 Å². The molecule has 2 heterocycles. The Balaban J connectivity index is 0.00000225. The molecule has 0 aliphatic carbocycles. The largest absolute Gasteiger partial charge is 0.443 e. The second-order valence-corrected chi connectivity index (χ2v) is 6.68. The number of rotatable bonds is 5. The van der Waals surface area contributed by atoms with Gasteiger partial charge in [0.1, 0.15) is 12.0 Å². The van der Waals surface area contributed by atoms with Gasteiger partial charge in [-0.3, -0.25) is 0 Å². The van der Waals surface area contributed by atoms with Crippen LogP contribution in [0.5, 0.6) is 0 Å². The van der Waals surface area contributed by atoms with Gasteiger partial charge in [-0.25, -0.2) is 9.98 Å². The Bertz CT molecular complexity index is 827. The van der Waals surface area contributed by atoms with E-state index in [1.165, 1.54) is 5.56 Å². The standard InChI is InChI=1S/C18H20N4OS.HI/c1-12(2)13-5-3-6-14(9-13)22-18(19)20-10-15-11-23-17(21-15)16-7-4-8-24-16;/h3-9,11-12H,10H2,1-2H3,(H3,19,20,22);1H. The van der Waals surface area contributed by atoms with Gasteiger partial charge in [-0.05, 0) is 35.1 Å². The summed E-state index contributed by atoms with van der Waals surface area (Å²) in [6, 6.07) is 12.1. The van der Waals surface area contributed by atoms with Crippen LogP contribution in [0, 0.1) is 0 Å². The van der Waals surface area contributed by atoms with Crippen LogP contribution in [0.1, 0.15) is 31.0 Å². The van der Waals surface area contributed by atoms with Crippen LogP contribution in [-0.2, 0) is 6.54 Å². The molecule has 0 radical (unpaired) electrons. The Morgan fingerprint density at radius 1 is 1.32 bits per heavy atom. The number of nitrogens with two attached hydrogens (primary N) is 1. The lowest BCUT2D eigenvalue weighted by atomic mass is 10.0. The summed E-state index contributed by atoms with van der Waals surface area (Å²) >= 11 is 1.59. The molecule has 3 N–H and O–H groups in total. The topological polar surface area (TPSA) is 76.4 Å². The molecule has 0 saturated heterocycles. The summed E-state index contributed by atoms with van der Waals surface area (Å²) in [6.07, 6.45) is 1.62. The van der Waals surface area contributed by atoms with Crippen LogP contribution in [0.2, 0.25) is 0 Å². The van der Waals surface area contributed by atoms with Crippen LogP contribution in [0.15, 0.2) is 57.5 Å². The smallest absolute Gasteiger partial charge is 0.236 e. The average Bonchev–Trinajstić information content (AvgIpc) is 3.24. The van der Waals surface area contributed by atoms with Gasteiger partial charge in [0, 0.05) is 5.69 Å². The van der Waals surface area contributed by atoms with Crippen molar-refractivity contribution >= 4 is 47.0 Å². The highest BCUT2D eigenvalue weighted by atomic mass is 127. The average molecular weight is 468 g/mol. The minimum absolute atomic E-state index is 0. The van der Waals surface area contributed by atoms with Crippen molar-refractivity contribution in [3.8, 4) is 10.8 Å². The molecule has 2 aromatic heterocycles. The molecule has 0 aliphatic rings. The number of benzene rings is 1. The second-order valence-electron chi connectivity index (χ2n) is 5.73. The number of hydrogen-bond acceptors (Lipinski definition) is 4. The van der Waals surface area contributed by atoms with E-state index in [2.05, 4.69) is 41.3 Å². The molecule has 3 rings (SSSR count). The van der Waals surface area contributed by atoms with E-state index in [1.807, 2.05) is 29.6 Å². The zero-order valence-corrected chi connectivity index (χ0v) is 17.2. The molecular formula is C18H21IN4OS. The third kappa shape index (κ3) is 5.30. The van der Waals surface area contributed by atoms with Crippen molar-refractivity contribution in [2.24, 2.45) is 10.7 Å². The van der Waals surface area contributed by atoms with Gasteiger partial charge in [0.15, 0.2) is 5.96 Å². The van der Waals surface area contributed by atoms with Gasteiger partial charge in [-0.1, -0.05) is 32.0 Å². The fourth-order valence-corrected chi connectivity index (χ4v) is 2.88. The molecule has 25 heavy (non-hydrogen) atoms. The first kappa shape index (κ1) is 19.5. The normalized spacial score (nSPS) is 11.4. The fourth-order valence-electron chi connectivity index (χ4n) is 2.22. The summed E-state index contributed by atoms with van der Waals surface area (Å²) in [5.74, 6) is 1.44. The first-order valence-corrected chi connectivity index (χ1v) is 8.65. The third-order valence-corrected chi connectivity index (χ3v) is 4.38.